The van der Waals surface area contributed by atoms with E-state index in [2.05, 4.69) is 0 Å². The maximum Gasteiger partial charge on any atom is 0.490 e. The molecule has 0 aliphatic rings. The van der Waals surface area contributed by atoms with E-state index < -0.39 is 13.1 Å². The van der Waals surface area contributed by atoms with Crippen LogP contribution in [0.1, 0.15) is 10.4 Å². The summed E-state index contributed by atoms with van der Waals surface area (Å²) < 4.78 is 0. The Morgan fingerprint density at radius 1 is 1.36 bits per heavy atom. The van der Waals surface area contributed by atoms with Crippen molar-refractivity contribution in [3.05, 3.63) is 23.8 Å². The summed E-state index contributed by atoms with van der Waals surface area (Å²) in [6.07, 6.45) is 0. The Labute approximate surface area is 86.7 Å². The molecular weight excluding hydrogens is 208 g/mol. The van der Waals surface area contributed by atoms with E-state index in [0.717, 1.165) is 0 Å². The number of hydrogen-bond acceptors (Lipinski definition) is 4. The van der Waals surface area contributed by atoms with E-state index in [4.69, 9.17) is 20.9 Å². The zero-order valence-corrected chi connectivity index (χ0v) is 7.86. The number of benzene rings is 1. The molecule has 76 valence electrons. The minimum Gasteiger partial charge on any atom is -0.478 e. The Morgan fingerprint density at radius 2 is 1.93 bits per heavy atom. The van der Waals surface area contributed by atoms with Crippen molar-refractivity contribution in [1.29, 1.82) is 0 Å². The first-order chi connectivity index (χ1) is 6.02. The molecule has 0 radical (unpaired) electrons. The lowest BCUT2D eigenvalue weighted by Gasteiger charge is -2.04. The highest BCUT2D eigenvalue weighted by molar-refractivity contribution is 6.60. The normalized spacial score (nSPS) is 9.00. The van der Waals surface area contributed by atoms with Crippen molar-refractivity contribution >= 4 is 36.6 Å². The smallest absolute Gasteiger partial charge is 0.478 e. The van der Waals surface area contributed by atoms with Crippen LogP contribution in [-0.4, -0.2) is 28.2 Å². The Kier molecular flexibility index (Phi) is 4.42. The van der Waals surface area contributed by atoms with Crippen LogP contribution < -0.4 is 11.2 Å². The fourth-order valence-corrected chi connectivity index (χ4v) is 0.943. The first-order valence-corrected chi connectivity index (χ1v) is 3.51. The SMILES string of the molecule is Cl.Nc1cc(C(=O)O)ccc1B(O)O. The van der Waals surface area contributed by atoms with E-state index in [1.54, 1.807) is 0 Å². The van der Waals surface area contributed by atoms with Crippen LogP contribution in [0.15, 0.2) is 18.2 Å². The molecule has 1 aromatic rings. The molecule has 0 spiro atoms. The van der Waals surface area contributed by atoms with Crippen molar-refractivity contribution in [1.82, 2.24) is 0 Å². The molecule has 0 heterocycles. The number of rotatable bonds is 2. The van der Waals surface area contributed by atoms with E-state index in [-0.39, 0.29) is 29.1 Å². The van der Waals surface area contributed by atoms with Crippen LogP contribution in [0.2, 0.25) is 0 Å². The second-order valence-corrected chi connectivity index (χ2v) is 2.52. The minimum atomic E-state index is -1.68. The number of carboxylic acid groups (broad SMARTS) is 1. The van der Waals surface area contributed by atoms with Crippen molar-refractivity contribution in [3.8, 4) is 0 Å². The monoisotopic (exact) mass is 217 g/mol. The van der Waals surface area contributed by atoms with Gasteiger partial charge in [-0.2, -0.15) is 0 Å². The second kappa shape index (κ2) is 4.85. The number of halogens is 1. The minimum absolute atomic E-state index is 0. The van der Waals surface area contributed by atoms with Gasteiger partial charge in [0.1, 0.15) is 0 Å². The van der Waals surface area contributed by atoms with Gasteiger partial charge in [-0.3, -0.25) is 0 Å². The number of carboxylic acids is 1. The van der Waals surface area contributed by atoms with Crippen LogP contribution in [0.5, 0.6) is 0 Å². The van der Waals surface area contributed by atoms with Crippen LogP contribution in [-0.2, 0) is 0 Å². The molecule has 0 saturated heterocycles. The predicted molar refractivity (Wildman–Crippen MR) is 54.9 cm³/mol. The second-order valence-electron chi connectivity index (χ2n) is 2.52. The highest BCUT2D eigenvalue weighted by Crippen LogP contribution is 2.04. The zero-order valence-electron chi connectivity index (χ0n) is 7.04. The van der Waals surface area contributed by atoms with E-state index in [0.29, 0.717) is 0 Å². The zero-order chi connectivity index (χ0) is 10.0. The van der Waals surface area contributed by atoms with Crippen LogP contribution in [0.3, 0.4) is 0 Å². The molecule has 0 atom stereocenters. The lowest BCUT2D eigenvalue weighted by molar-refractivity contribution is 0.0697. The average molecular weight is 217 g/mol. The number of carbonyl (C=O) groups is 1. The van der Waals surface area contributed by atoms with Gasteiger partial charge in [0.2, 0.25) is 0 Å². The standard InChI is InChI=1S/C7H8BNO4.ClH/c9-6-3-4(7(10)11)1-2-5(6)8(12)13;/h1-3,12-13H,9H2,(H,10,11);1H. The van der Waals surface area contributed by atoms with Crippen molar-refractivity contribution < 1.29 is 19.9 Å². The quantitative estimate of drug-likeness (QED) is 0.378. The van der Waals surface area contributed by atoms with Gasteiger partial charge in [0, 0.05) is 11.2 Å². The Bertz CT molecular complexity index is 344. The average Bonchev–Trinajstić information content (AvgIpc) is 2.03. The lowest BCUT2D eigenvalue weighted by atomic mass is 9.78. The van der Waals surface area contributed by atoms with E-state index >= 15 is 0 Å². The summed E-state index contributed by atoms with van der Waals surface area (Å²) in [7, 11) is -1.68. The molecule has 7 heteroatoms. The molecule has 0 fully saturated rings. The summed E-state index contributed by atoms with van der Waals surface area (Å²) in [4.78, 5) is 10.5. The van der Waals surface area contributed by atoms with Crippen molar-refractivity contribution in [3.63, 3.8) is 0 Å². The summed E-state index contributed by atoms with van der Waals surface area (Å²) >= 11 is 0. The summed E-state index contributed by atoms with van der Waals surface area (Å²) in [5, 5.41) is 26.1. The molecule has 0 unspecified atom stereocenters. The number of aromatic carboxylic acids is 1. The van der Waals surface area contributed by atoms with Crippen LogP contribution in [0.4, 0.5) is 5.69 Å². The number of nitrogen functional groups attached to an aromatic ring is 1. The van der Waals surface area contributed by atoms with Crippen LogP contribution >= 0.6 is 12.4 Å². The molecule has 0 aliphatic carbocycles. The third-order valence-electron chi connectivity index (χ3n) is 1.61. The number of nitrogens with two attached hydrogens (primary N) is 1. The highest BCUT2D eigenvalue weighted by Gasteiger charge is 2.15. The third kappa shape index (κ3) is 2.63. The third-order valence-corrected chi connectivity index (χ3v) is 1.61. The van der Waals surface area contributed by atoms with E-state index in [9.17, 15) is 4.79 Å². The molecule has 5 N–H and O–H groups in total. The van der Waals surface area contributed by atoms with Gasteiger partial charge in [0.15, 0.2) is 0 Å². The maximum atomic E-state index is 10.5. The van der Waals surface area contributed by atoms with Gasteiger partial charge in [-0.15, -0.1) is 12.4 Å². The molecule has 14 heavy (non-hydrogen) atoms. The van der Waals surface area contributed by atoms with Crippen molar-refractivity contribution in [2.45, 2.75) is 0 Å². The van der Waals surface area contributed by atoms with Gasteiger partial charge < -0.3 is 20.9 Å². The molecule has 0 aromatic heterocycles. The van der Waals surface area contributed by atoms with Crippen LogP contribution in [0.25, 0.3) is 0 Å². The Hall–Kier alpha value is -1.24. The molecular formula is C7H9BClNO4. The predicted octanol–water partition coefficient (Wildman–Crippen LogP) is -0.931. The van der Waals surface area contributed by atoms with Gasteiger partial charge in [-0.05, 0) is 12.1 Å². The van der Waals surface area contributed by atoms with Gasteiger partial charge in [-0.1, -0.05) is 6.07 Å². The Morgan fingerprint density at radius 3 is 2.29 bits per heavy atom. The molecule has 1 rings (SSSR count). The molecule has 0 bridgehead atoms. The summed E-state index contributed by atoms with van der Waals surface area (Å²) in [6.45, 7) is 0. The maximum absolute atomic E-state index is 10.5. The topological polar surface area (TPSA) is 104 Å². The first-order valence-electron chi connectivity index (χ1n) is 3.51. The van der Waals surface area contributed by atoms with E-state index in [1.807, 2.05) is 0 Å². The van der Waals surface area contributed by atoms with Crippen LogP contribution in [0, 0.1) is 0 Å². The molecule has 0 amide bonds. The lowest BCUT2D eigenvalue weighted by Crippen LogP contribution is -2.32. The number of anilines is 1. The first kappa shape index (κ1) is 12.8. The summed E-state index contributed by atoms with van der Waals surface area (Å²) in [5.74, 6) is -1.11. The Balaban J connectivity index is 0.00000169. The summed E-state index contributed by atoms with van der Waals surface area (Å²) in [6, 6.07) is 3.70. The largest absolute Gasteiger partial charge is 0.490 e. The van der Waals surface area contributed by atoms with E-state index in [1.165, 1.54) is 18.2 Å². The molecule has 5 nitrogen and oxygen atoms in total. The molecule has 1 aromatic carbocycles. The van der Waals surface area contributed by atoms with Gasteiger partial charge in [0.25, 0.3) is 0 Å². The van der Waals surface area contributed by atoms with Gasteiger partial charge in [-0.25, -0.2) is 4.79 Å². The van der Waals surface area contributed by atoms with Gasteiger partial charge >= 0.3 is 13.1 Å². The molecule has 0 saturated carbocycles. The fourth-order valence-electron chi connectivity index (χ4n) is 0.943. The van der Waals surface area contributed by atoms with Crippen molar-refractivity contribution in [2.24, 2.45) is 0 Å². The van der Waals surface area contributed by atoms with Crippen molar-refractivity contribution in [2.75, 3.05) is 5.73 Å². The number of hydrogen-bond donors (Lipinski definition) is 4. The highest BCUT2D eigenvalue weighted by atomic mass is 35.5. The fraction of sp³-hybridized carbons (Fsp3) is 0. The summed E-state index contributed by atoms with van der Waals surface area (Å²) in [5.41, 5.74) is 5.55. The molecule has 0 aliphatic heterocycles. The van der Waals surface area contributed by atoms with Gasteiger partial charge in [0.05, 0.1) is 5.56 Å².